The van der Waals surface area contributed by atoms with Gasteiger partial charge in [-0.05, 0) is 73.2 Å². The van der Waals surface area contributed by atoms with Crippen molar-refractivity contribution in [2.75, 3.05) is 13.7 Å². The summed E-state index contributed by atoms with van der Waals surface area (Å²) in [5, 5.41) is 9.27. The predicted molar refractivity (Wildman–Crippen MR) is 158 cm³/mol. The van der Waals surface area contributed by atoms with Crippen LogP contribution >= 0.6 is 11.3 Å². The van der Waals surface area contributed by atoms with Gasteiger partial charge in [-0.3, -0.25) is 4.79 Å². The molecule has 3 heterocycles. The Labute approximate surface area is 234 Å². The van der Waals surface area contributed by atoms with E-state index in [0.717, 1.165) is 39.6 Å². The molecular formula is C31H25N5O3S. The van der Waals surface area contributed by atoms with Gasteiger partial charge in [0.25, 0.3) is 5.56 Å². The standard InChI is InChI=1S/C31H25N5O3S/c1-3-39-26-14-9-21(10-15-26)11-18-28-32-31-36(33-28)30(37)27(40-31)19-23-20-35(24-7-5-4-6-8-24)34-29(23)22-12-16-25(38-2)17-13-22/h4-20H,3H2,1-2H3/b18-11+,27-19-. The van der Waals surface area contributed by atoms with Gasteiger partial charge in [-0.25, -0.2) is 4.68 Å². The lowest BCUT2D eigenvalue weighted by Gasteiger charge is -2.02. The van der Waals surface area contributed by atoms with Crippen molar-refractivity contribution >= 4 is 34.5 Å². The Bertz CT molecular complexity index is 1900. The quantitative estimate of drug-likeness (QED) is 0.263. The Morgan fingerprint density at radius 1 is 0.900 bits per heavy atom. The predicted octanol–water partition coefficient (Wildman–Crippen LogP) is 5.13. The molecule has 3 aromatic heterocycles. The molecule has 0 saturated heterocycles. The summed E-state index contributed by atoms with van der Waals surface area (Å²) in [4.78, 5) is 18.4. The summed E-state index contributed by atoms with van der Waals surface area (Å²) in [6.45, 7) is 2.58. The van der Waals surface area contributed by atoms with Gasteiger partial charge < -0.3 is 9.47 Å². The van der Waals surface area contributed by atoms with Gasteiger partial charge in [-0.1, -0.05) is 47.7 Å². The first-order valence-electron chi connectivity index (χ1n) is 12.7. The van der Waals surface area contributed by atoms with Gasteiger partial charge in [-0.15, -0.1) is 5.10 Å². The summed E-state index contributed by atoms with van der Waals surface area (Å²) in [5.41, 5.74) is 4.16. The highest BCUT2D eigenvalue weighted by Gasteiger charge is 2.14. The van der Waals surface area contributed by atoms with Gasteiger partial charge in [0, 0.05) is 17.3 Å². The molecule has 0 fully saturated rings. The molecule has 0 aliphatic carbocycles. The van der Waals surface area contributed by atoms with Gasteiger partial charge >= 0.3 is 0 Å². The summed E-state index contributed by atoms with van der Waals surface area (Å²) in [6.07, 6.45) is 7.48. The average molecular weight is 548 g/mol. The number of para-hydroxylation sites is 1. The summed E-state index contributed by atoms with van der Waals surface area (Å²) >= 11 is 1.30. The van der Waals surface area contributed by atoms with Crippen LogP contribution in [0.4, 0.5) is 0 Å². The number of fused-ring (bicyclic) bond motifs is 1. The zero-order valence-corrected chi connectivity index (χ0v) is 22.7. The van der Waals surface area contributed by atoms with E-state index in [1.54, 1.807) is 13.2 Å². The first-order chi connectivity index (χ1) is 19.6. The second kappa shape index (κ2) is 11.0. The maximum Gasteiger partial charge on any atom is 0.291 e. The van der Waals surface area contributed by atoms with Gasteiger partial charge in [0.15, 0.2) is 5.82 Å². The Balaban J connectivity index is 1.35. The largest absolute Gasteiger partial charge is 0.497 e. The lowest BCUT2D eigenvalue weighted by atomic mass is 10.1. The highest BCUT2D eigenvalue weighted by Crippen LogP contribution is 2.26. The number of hydrogen-bond donors (Lipinski definition) is 0. The van der Waals surface area contributed by atoms with Crippen LogP contribution in [0.25, 0.3) is 40.1 Å². The third-order valence-corrected chi connectivity index (χ3v) is 7.19. The van der Waals surface area contributed by atoms with E-state index in [1.807, 2.05) is 109 Å². The van der Waals surface area contributed by atoms with Crippen LogP contribution in [0.2, 0.25) is 0 Å². The zero-order valence-electron chi connectivity index (χ0n) is 21.9. The van der Waals surface area contributed by atoms with Gasteiger partial charge in [0.1, 0.15) is 17.2 Å². The Morgan fingerprint density at radius 2 is 1.65 bits per heavy atom. The smallest absolute Gasteiger partial charge is 0.291 e. The SMILES string of the molecule is CCOc1ccc(/C=C/c2nc3s/c(=C\c4cn(-c5ccccc5)nc4-c4ccc(OC)cc4)c(=O)n3n2)cc1. The number of hydrogen-bond acceptors (Lipinski definition) is 7. The second-order valence-electron chi connectivity index (χ2n) is 8.86. The maximum atomic E-state index is 13.3. The van der Waals surface area contributed by atoms with Crippen LogP contribution in [0.3, 0.4) is 0 Å². The molecule has 3 aromatic carbocycles. The number of benzene rings is 3. The third kappa shape index (κ3) is 5.14. The maximum absolute atomic E-state index is 13.3. The number of ether oxygens (including phenoxy) is 2. The normalized spacial score (nSPS) is 12.0. The van der Waals surface area contributed by atoms with Crippen LogP contribution in [0.5, 0.6) is 11.5 Å². The van der Waals surface area contributed by atoms with Crippen LogP contribution in [0.1, 0.15) is 23.9 Å². The fraction of sp³-hybridized carbons (Fsp3) is 0.0968. The van der Waals surface area contributed by atoms with E-state index < -0.39 is 0 Å². The van der Waals surface area contributed by atoms with Crippen molar-refractivity contribution < 1.29 is 9.47 Å². The van der Waals surface area contributed by atoms with Crippen molar-refractivity contribution in [1.82, 2.24) is 24.4 Å². The van der Waals surface area contributed by atoms with Crippen molar-refractivity contribution in [3.05, 3.63) is 117 Å². The molecule has 198 valence electrons. The van der Waals surface area contributed by atoms with Crippen molar-refractivity contribution in [3.8, 4) is 28.4 Å². The number of methoxy groups -OCH3 is 1. The van der Waals surface area contributed by atoms with Crippen LogP contribution in [0, 0.1) is 0 Å². The average Bonchev–Trinajstić information content (AvgIpc) is 3.68. The minimum absolute atomic E-state index is 0.221. The molecule has 0 aliphatic rings. The van der Waals surface area contributed by atoms with Crippen LogP contribution in [-0.2, 0) is 0 Å². The summed E-state index contributed by atoms with van der Waals surface area (Å²) in [5.74, 6) is 2.06. The van der Waals surface area contributed by atoms with Gasteiger partial charge in [0.05, 0.1) is 23.9 Å². The molecule has 0 atom stereocenters. The van der Waals surface area contributed by atoms with Crippen molar-refractivity contribution in [3.63, 3.8) is 0 Å². The molecule has 0 spiro atoms. The molecule has 0 bridgehead atoms. The third-order valence-electron chi connectivity index (χ3n) is 6.23. The molecule has 0 unspecified atom stereocenters. The van der Waals surface area contributed by atoms with Crippen molar-refractivity contribution in [2.45, 2.75) is 6.92 Å². The minimum Gasteiger partial charge on any atom is -0.497 e. The Hall–Kier alpha value is -5.02. The fourth-order valence-corrected chi connectivity index (χ4v) is 5.16. The topological polar surface area (TPSA) is 83.5 Å². The molecule has 6 rings (SSSR count). The molecule has 0 aliphatic heterocycles. The zero-order chi connectivity index (χ0) is 27.5. The van der Waals surface area contributed by atoms with E-state index in [4.69, 9.17) is 14.6 Å². The molecule has 40 heavy (non-hydrogen) atoms. The van der Waals surface area contributed by atoms with Gasteiger partial charge in [-0.2, -0.15) is 14.6 Å². The first kappa shape index (κ1) is 25.3. The van der Waals surface area contributed by atoms with E-state index >= 15 is 0 Å². The number of aromatic nitrogens is 5. The van der Waals surface area contributed by atoms with Gasteiger partial charge in [0.2, 0.25) is 4.96 Å². The highest BCUT2D eigenvalue weighted by atomic mass is 32.1. The molecule has 0 saturated carbocycles. The lowest BCUT2D eigenvalue weighted by Crippen LogP contribution is -2.23. The number of rotatable bonds is 8. The summed E-state index contributed by atoms with van der Waals surface area (Å²) in [7, 11) is 1.64. The Morgan fingerprint density at radius 3 is 2.35 bits per heavy atom. The monoisotopic (exact) mass is 547 g/mol. The summed E-state index contributed by atoms with van der Waals surface area (Å²) < 4.78 is 14.5. The van der Waals surface area contributed by atoms with Crippen LogP contribution in [-0.4, -0.2) is 38.1 Å². The first-order valence-corrected chi connectivity index (χ1v) is 13.5. The Kier molecular flexibility index (Phi) is 6.95. The minimum atomic E-state index is -0.221. The van der Waals surface area contributed by atoms with E-state index in [1.165, 1.54) is 15.9 Å². The van der Waals surface area contributed by atoms with E-state index in [2.05, 4.69) is 10.1 Å². The number of nitrogens with zero attached hydrogens (tertiary/aromatic N) is 5. The van der Waals surface area contributed by atoms with Crippen LogP contribution in [0.15, 0.2) is 89.9 Å². The molecule has 6 aromatic rings. The van der Waals surface area contributed by atoms with Crippen LogP contribution < -0.4 is 19.6 Å². The fourth-order valence-electron chi connectivity index (χ4n) is 4.25. The van der Waals surface area contributed by atoms with E-state index in [-0.39, 0.29) is 5.56 Å². The molecular weight excluding hydrogens is 522 g/mol. The highest BCUT2D eigenvalue weighted by molar-refractivity contribution is 7.15. The molecule has 9 heteroatoms. The second-order valence-corrected chi connectivity index (χ2v) is 9.87. The van der Waals surface area contributed by atoms with E-state index in [0.29, 0.717) is 21.9 Å². The van der Waals surface area contributed by atoms with Crippen molar-refractivity contribution in [1.29, 1.82) is 0 Å². The molecule has 8 nitrogen and oxygen atoms in total. The van der Waals surface area contributed by atoms with Crippen molar-refractivity contribution in [2.24, 2.45) is 0 Å². The molecule has 0 amide bonds. The summed E-state index contributed by atoms with van der Waals surface area (Å²) in [6, 6.07) is 25.3. The van der Waals surface area contributed by atoms with E-state index in [9.17, 15) is 4.79 Å². The molecule has 0 radical (unpaired) electrons. The number of thiazole rings is 1. The molecule has 0 N–H and O–H groups in total. The lowest BCUT2D eigenvalue weighted by molar-refractivity contribution is 0.340.